The van der Waals surface area contributed by atoms with E-state index in [1.165, 1.54) is 6.33 Å². The van der Waals surface area contributed by atoms with E-state index in [1.807, 2.05) is 11.8 Å². The Hall–Kier alpha value is -1.53. The molecule has 1 fully saturated rings. The molecule has 0 unspecified atom stereocenters. The van der Waals surface area contributed by atoms with Gasteiger partial charge in [-0.05, 0) is 19.8 Å². The van der Waals surface area contributed by atoms with Crippen LogP contribution in [-0.2, 0) is 0 Å². The highest BCUT2D eigenvalue weighted by Gasteiger charge is 2.41. The van der Waals surface area contributed by atoms with Gasteiger partial charge in [0.05, 0.1) is 5.92 Å². The summed E-state index contributed by atoms with van der Waals surface area (Å²) in [5, 5.41) is 2.95. The number of nitrogens with zero attached hydrogens (tertiary/aromatic N) is 3. The number of rotatable bonds is 2. The summed E-state index contributed by atoms with van der Waals surface area (Å²) < 4.78 is 37.8. The summed E-state index contributed by atoms with van der Waals surface area (Å²) in [6, 6.07) is 0. The van der Waals surface area contributed by atoms with Crippen LogP contribution in [0.1, 0.15) is 18.4 Å². The average Bonchev–Trinajstić information content (AvgIpc) is 2.38. The van der Waals surface area contributed by atoms with Crippen molar-refractivity contribution in [3.8, 4) is 0 Å². The zero-order valence-electron chi connectivity index (χ0n) is 11.0. The summed E-state index contributed by atoms with van der Waals surface area (Å²) in [6.07, 6.45) is -2.39. The van der Waals surface area contributed by atoms with Crippen LogP contribution in [0, 0.1) is 12.8 Å². The van der Waals surface area contributed by atoms with E-state index in [2.05, 4.69) is 15.3 Å². The second-order valence-electron chi connectivity index (χ2n) is 4.72. The fourth-order valence-corrected chi connectivity index (χ4v) is 2.43. The third kappa shape index (κ3) is 2.90. The SMILES string of the molecule is CNc1ncnc(N2CCC(C(F)(F)F)CC2)c1C. The Labute approximate surface area is 110 Å². The maximum absolute atomic E-state index is 12.6. The molecule has 0 radical (unpaired) electrons. The van der Waals surface area contributed by atoms with Crippen LogP contribution in [0.4, 0.5) is 24.8 Å². The van der Waals surface area contributed by atoms with Crippen molar-refractivity contribution >= 4 is 11.6 Å². The number of halogens is 3. The second kappa shape index (κ2) is 5.22. The van der Waals surface area contributed by atoms with Crippen molar-refractivity contribution in [3.63, 3.8) is 0 Å². The lowest BCUT2D eigenvalue weighted by Crippen LogP contribution is -2.39. The first-order valence-electron chi connectivity index (χ1n) is 6.24. The number of alkyl halides is 3. The van der Waals surface area contributed by atoms with Crippen molar-refractivity contribution in [2.75, 3.05) is 30.4 Å². The normalized spacial score (nSPS) is 17.6. The first-order chi connectivity index (χ1) is 8.93. The van der Waals surface area contributed by atoms with Crippen LogP contribution in [0.15, 0.2) is 6.33 Å². The molecule has 1 aromatic rings. The van der Waals surface area contributed by atoms with Crippen molar-refractivity contribution in [2.24, 2.45) is 5.92 Å². The topological polar surface area (TPSA) is 41.1 Å². The molecule has 0 amide bonds. The summed E-state index contributed by atoms with van der Waals surface area (Å²) in [5.74, 6) is 0.248. The molecule has 0 saturated carbocycles. The molecule has 1 aliphatic rings. The highest BCUT2D eigenvalue weighted by atomic mass is 19.4. The number of piperidine rings is 1. The quantitative estimate of drug-likeness (QED) is 0.900. The van der Waals surface area contributed by atoms with Gasteiger partial charge in [0.25, 0.3) is 0 Å². The fourth-order valence-electron chi connectivity index (χ4n) is 2.43. The number of hydrogen-bond donors (Lipinski definition) is 1. The highest BCUT2D eigenvalue weighted by molar-refractivity contribution is 5.57. The number of hydrogen-bond acceptors (Lipinski definition) is 4. The molecule has 19 heavy (non-hydrogen) atoms. The molecular weight excluding hydrogens is 257 g/mol. The molecule has 1 aliphatic heterocycles. The Bertz CT molecular complexity index is 439. The van der Waals surface area contributed by atoms with Gasteiger partial charge in [-0.15, -0.1) is 0 Å². The lowest BCUT2D eigenvalue weighted by atomic mass is 9.96. The van der Waals surface area contributed by atoms with Gasteiger partial charge in [0.2, 0.25) is 0 Å². The van der Waals surface area contributed by atoms with Crippen LogP contribution in [0.2, 0.25) is 0 Å². The van der Waals surface area contributed by atoms with Gasteiger partial charge >= 0.3 is 6.18 Å². The van der Waals surface area contributed by atoms with Crippen LogP contribution >= 0.6 is 0 Å². The maximum atomic E-state index is 12.6. The predicted octanol–water partition coefficient (Wildman–Crippen LogP) is 2.61. The van der Waals surface area contributed by atoms with Gasteiger partial charge in [-0.25, -0.2) is 9.97 Å². The smallest absolute Gasteiger partial charge is 0.373 e. The number of anilines is 2. The molecule has 0 aromatic carbocycles. The van der Waals surface area contributed by atoms with Crippen molar-refractivity contribution in [2.45, 2.75) is 25.9 Å². The number of aromatic nitrogens is 2. The van der Waals surface area contributed by atoms with Crippen LogP contribution < -0.4 is 10.2 Å². The zero-order chi connectivity index (χ0) is 14.0. The van der Waals surface area contributed by atoms with Crippen molar-refractivity contribution in [3.05, 3.63) is 11.9 Å². The lowest BCUT2D eigenvalue weighted by Gasteiger charge is -2.34. The van der Waals surface area contributed by atoms with Crippen LogP contribution in [-0.4, -0.2) is 36.3 Å². The minimum Gasteiger partial charge on any atom is -0.373 e. The van der Waals surface area contributed by atoms with Gasteiger partial charge in [0, 0.05) is 25.7 Å². The Balaban J connectivity index is 2.10. The van der Waals surface area contributed by atoms with Crippen molar-refractivity contribution < 1.29 is 13.2 Å². The first kappa shape index (κ1) is 13.9. The molecule has 106 valence electrons. The highest BCUT2D eigenvalue weighted by Crippen LogP contribution is 2.35. The molecular formula is C12H17F3N4. The molecule has 0 bridgehead atoms. The summed E-state index contributed by atoms with van der Waals surface area (Å²) in [6.45, 7) is 2.63. The van der Waals surface area contributed by atoms with Gasteiger partial charge in [-0.3, -0.25) is 0 Å². The largest absolute Gasteiger partial charge is 0.391 e. The van der Waals surface area contributed by atoms with E-state index in [-0.39, 0.29) is 12.8 Å². The monoisotopic (exact) mass is 274 g/mol. The predicted molar refractivity (Wildman–Crippen MR) is 67.3 cm³/mol. The van der Waals surface area contributed by atoms with Crippen LogP contribution in [0.3, 0.4) is 0 Å². The van der Waals surface area contributed by atoms with Crippen molar-refractivity contribution in [1.82, 2.24) is 9.97 Å². The van der Waals surface area contributed by atoms with E-state index in [4.69, 9.17) is 0 Å². The minimum absolute atomic E-state index is 0.127. The lowest BCUT2D eigenvalue weighted by molar-refractivity contribution is -0.179. The van der Waals surface area contributed by atoms with E-state index in [9.17, 15) is 13.2 Å². The van der Waals surface area contributed by atoms with E-state index >= 15 is 0 Å². The van der Waals surface area contributed by atoms with Gasteiger partial charge in [-0.1, -0.05) is 0 Å². The molecule has 2 heterocycles. The van der Waals surface area contributed by atoms with Crippen molar-refractivity contribution in [1.29, 1.82) is 0 Å². The molecule has 1 aromatic heterocycles. The molecule has 2 rings (SSSR count). The first-order valence-corrected chi connectivity index (χ1v) is 6.24. The third-order valence-electron chi connectivity index (χ3n) is 3.55. The molecule has 0 atom stereocenters. The van der Waals surface area contributed by atoms with Gasteiger partial charge < -0.3 is 10.2 Å². The Morgan fingerprint density at radius 3 is 2.42 bits per heavy atom. The van der Waals surface area contributed by atoms with E-state index < -0.39 is 12.1 Å². The summed E-state index contributed by atoms with van der Waals surface area (Å²) in [5.41, 5.74) is 0.871. The Morgan fingerprint density at radius 1 is 1.26 bits per heavy atom. The summed E-state index contributed by atoms with van der Waals surface area (Å²) in [4.78, 5) is 10.2. The molecule has 7 heteroatoms. The fraction of sp³-hybridized carbons (Fsp3) is 0.667. The van der Waals surface area contributed by atoms with Gasteiger partial charge in [0.1, 0.15) is 18.0 Å². The summed E-state index contributed by atoms with van der Waals surface area (Å²) in [7, 11) is 1.76. The standard InChI is InChI=1S/C12H17F3N4/c1-8-10(16-2)17-7-18-11(8)19-5-3-9(4-6-19)12(13,14)15/h7,9H,3-6H2,1-2H3,(H,16,17,18). The van der Waals surface area contributed by atoms with E-state index in [0.717, 1.165) is 11.4 Å². The van der Waals surface area contributed by atoms with Crippen LogP contribution in [0.5, 0.6) is 0 Å². The molecule has 0 aliphatic carbocycles. The molecule has 0 spiro atoms. The number of nitrogens with one attached hydrogen (secondary N) is 1. The minimum atomic E-state index is -4.08. The molecule has 1 N–H and O–H groups in total. The Morgan fingerprint density at radius 2 is 1.89 bits per heavy atom. The average molecular weight is 274 g/mol. The van der Waals surface area contributed by atoms with E-state index in [0.29, 0.717) is 18.9 Å². The van der Waals surface area contributed by atoms with Gasteiger partial charge in [-0.2, -0.15) is 13.2 Å². The second-order valence-corrected chi connectivity index (χ2v) is 4.72. The summed E-state index contributed by atoms with van der Waals surface area (Å²) >= 11 is 0. The van der Waals surface area contributed by atoms with E-state index in [1.54, 1.807) is 7.05 Å². The van der Waals surface area contributed by atoms with Crippen LogP contribution in [0.25, 0.3) is 0 Å². The maximum Gasteiger partial charge on any atom is 0.391 e. The zero-order valence-corrected chi connectivity index (χ0v) is 11.0. The van der Waals surface area contributed by atoms with Gasteiger partial charge in [0.15, 0.2) is 0 Å². The Kier molecular flexibility index (Phi) is 3.82. The molecule has 4 nitrogen and oxygen atoms in total. The molecule has 1 saturated heterocycles. The third-order valence-corrected chi connectivity index (χ3v) is 3.55.